The highest BCUT2D eigenvalue weighted by Crippen LogP contribution is 2.31. The van der Waals surface area contributed by atoms with Crippen LogP contribution in [0.4, 0.5) is 0 Å². The number of fused-ring (bicyclic) bond motifs is 1. The van der Waals surface area contributed by atoms with Crippen LogP contribution in [0.15, 0.2) is 42.0 Å². The molecule has 0 unspecified atom stereocenters. The van der Waals surface area contributed by atoms with Crippen LogP contribution in [0.2, 0.25) is 0 Å². The summed E-state index contributed by atoms with van der Waals surface area (Å²) in [6, 6.07) is 12.3. The molecular weight excluding hydrogens is 348 g/mol. The number of hydrazine groups is 1. The summed E-state index contributed by atoms with van der Waals surface area (Å²) < 4.78 is 6.15. The molecule has 3 rings (SSSR count). The van der Waals surface area contributed by atoms with Gasteiger partial charge >= 0.3 is 0 Å². The number of carbonyl (C=O) groups excluding carboxylic acids is 1. The van der Waals surface area contributed by atoms with Crippen LogP contribution >= 0.6 is 0 Å². The molecule has 1 saturated heterocycles. The molecule has 2 N–H and O–H groups in total. The third-order valence-corrected chi connectivity index (χ3v) is 5.26. The monoisotopic (exact) mass is 380 g/mol. The predicted molar refractivity (Wildman–Crippen MR) is 116 cm³/mol. The van der Waals surface area contributed by atoms with Gasteiger partial charge in [-0.05, 0) is 29.5 Å². The van der Waals surface area contributed by atoms with E-state index in [1.54, 1.807) is 0 Å². The smallest absolute Gasteiger partial charge is 0.262 e. The first-order valence-corrected chi connectivity index (χ1v) is 10.7. The number of amides is 1. The van der Waals surface area contributed by atoms with E-state index < -0.39 is 0 Å². The van der Waals surface area contributed by atoms with E-state index in [1.165, 1.54) is 44.9 Å². The number of hydrogen-bond donors (Lipinski definition) is 2. The fourth-order valence-corrected chi connectivity index (χ4v) is 3.68. The number of carbonyl (C=O) groups is 1. The molecule has 2 aromatic rings. The Labute approximate surface area is 168 Å². The van der Waals surface area contributed by atoms with Crippen LogP contribution in [-0.2, 0) is 4.79 Å². The van der Waals surface area contributed by atoms with Gasteiger partial charge in [0.2, 0.25) is 0 Å². The second kappa shape index (κ2) is 10.9. The van der Waals surface area contributed by atoms with E-state index in [-0.39, 0.29) is 5.91 Å². The summed E-state index contributed by atoms with van der Waals surface area (Å²) >= 11 is 0. The van der Waals surface area contributed by atoms with Gasteiger partial charge in [0.1, 0.15) is 5.75 Å². The molecule has 0 aromatic heterocycles. The van der Waals surface area contributed by atoms with Gasteiger partial charge in [0.05, 0.1) is 6.61 Å². The number of benzene rings is 2. The SMILES string of the molecule is CCCCCCCCCCOc1cccc2cccc(/C=C3\CNNC3=O)c12. The van der Waals surface area contributed by atoms with Gasteiger partial charge in [-0.3, -0.25) is 10.2 Å². The lowest BCUT2D eigenvalue weighted by atomic mass is 10.0. The Bertz CT molecular complexity index is 808. The Morgan fingerprint density at radius 1 is 0.964 bits per heavy atom. The lowest BCUT2D eigenvalue weighted by Gasteiger charge is -2.12. The quantitative estimate of drug-likeness (QED) is 0.407. The topological polar surface area (TPSA) is 50.4 Å². The Balaban J connectivity index is 1.60. The zero-order valence-electron chi connectivity index (χ0n) is 16.9. The number of hydrogen-bond acceptors (Lipinski definition) is 3. The van der Waals surface area contributed by atoms with Crippen LogP contribution in [0, 0.1) is 0 Å². The third-order valence-electron chi connectivity index (χ3n) is 5.26. The average Bonchev–Trinajstić information content (AvgIpc) is 3.11. The summed E-state index contributed by atoms with van der Waals surface area (Å²) in [5.41, 5.74) is 7.28. The summed E-state index contributed by atoms with van der Waals surface area (Å²) in [5.74, 6) is 0.841. The van der Waals surface area contributed by atoms with E-state index in [9.17, 15) is 4.79 Å². The molecule has 4 nitrogen and oxygen atoms in total. The first kappa shape index (κ1) is 20.4. The second-order valence-electron chi connectivity index (χ2n) is 7.50. The Morgan fingerprint density at radius 2 is 1.68 bits per heavy atom. The van der Waals surface area contributed by atoms with Gasteiger partial charge in [0.25, 0.3) is 5.91 Å². The summed E-state index contributed by atoms with van der Waals surface area (Å²) in [4.78, 5) is 11.9. The fraction of sp³-hybridized carbons (Fsp3) is 0.458. The van der Waals surface area contributed by atoms with Gasteiger partial charge in [0.15, 0.2) is 0 Å². The Hall–Kier alpha value is -2.33. The molecule has 2 aromatic carbocycles. The van der Waals surface area contributed by atoms with Gasteiger partial charge in [-0.2, -0.15) is 0 Å². The van der Waals surface area contributed by atoms with Crippen molar-refractivity contribution in [3.8, 4) is 5.75 Å². The standard InChI is InChI=1S/C24H32N2O2/c1-2-3-4-5-6-7-8-9-16-28-22-15-11-13-19-12-10-14-20(23(19)22)17-21-18-25-26-24(21)27/h10-15,17,25H,2-9,16,18H2,1H3,(H,26,27)/b21-17+. The average molecular weight is 381 g/mol. The zero-order chi connectivity index (χ0) is 19.6. The van der Waals surface area contributed by atoms with E-state index >= 15 is 0 Å². The van der Waals surface area contributed by atoms with Gasteiger partial charge in [0, 0.05) is 17.5 Å². The van der Waals surface area contributed by atoms with Gasteiger partial charge in [-0.15, -0.1) is 0 Å². The lowest BCUT2D eigenvalue weighted by molar-refractivity contribution is -0.116. The highest BCUT2D eigenvalue weighted by Gasteiger charge is 2.16. The van der Waals surface area contributed by atoms with Gasteiger partial charge in [-0.25, -0.2) is 5.43 Å². The molecule has 0 atom stereocenters. The van der Waals surface area contributed by atoms with Crippen molar-refractivity contribution in [1.29, 1.82) is 0 Å². The van der Waals surface area contributed by atoms with Crippen LogP contribution in [-0.4, -0.2) is 19.1 Å². The van der Waals surface area contributed by atoms with E-state index in [1.807, 2.05) is 30.3 Å². The normalized spacial score (nSPS) is 15.3. The maximum Gasteiger partial charge on any atom is 0.262 e. The Morgan fingerprint density at radius 3 is 2.39 bits per heavy atom. The fourth-order valence-electron chi connectivity index (χ4n) is 3.68. The van der Waals surface area contributed by atoms with Crippen LogP contribution in [0.1, 0.15) is 63.9 Å². The van der Waals surface area contributed by atoms with Crippen molar-refractivity contribution in [3.63, 3.8) is 0 Å². The predicted octanol–water partition coefficient (Wildman–Crippen LogP) is 5.38. The van der Waals surface area contributed by atoms with Crippen LogP contribution in [0.25, 0.3) is 16.8 Å². The molecule has 1 aliphatic heterocycles. The summed E-state index contributed by atoms with van der Waals surface area (Å²) in [6.45, 7) is 3.53. The van der Waals surface area contributed by atoms with Crippen molar-refractivity contribution in [3.05, 3.63) is 47.5 Å². The van der Waals surface area contributed by atoms with E-state index in [2.05, 4.69) is 29.9 Å². The summed E-state index contributed by atoms with van der Waals surface area (Å²) in [5, 5.41) is 2.21. The summed E-state index contributed by atoms with van der Waals surface area (Å²) in [7, 11) is 0. The maximum absolute atomic E-state index is 11.9. The first-order valence-electron chi connectivity index (χ1n) is 10.7. The molecule has 1 aliphatic rings. The molecule has 1 amide bonds. The largest absolute Gasteiger partial charge is 0.493 e. The minimum atomic E-state index is -0.0608. The number of ether oxygens (including phenoxy) is 1. The van der Waals surface area contributed by atoms with Gasteiger partial charge in [-0.1, -0.05) is 82.2 Å². The number of rotatable bonds is 11. The van der Waals surface area contributed by atoms with Crippen molar-refractivity contribution in [2.75, 3.05) is 13.2 Å². The Kier molecular flexibility index (Phi) is 7.92. The molecule has 0 bridgehead atoms. The molecule has 150 valence electrons. The van der Waals surface area contributed by atoms with Crippen molar-refractivity contribution in [2.24, 2.45) is 0 Å². The van der Waals surface area contributed by atoms with Crippen LogP contribution < -0.4 is 15.6 Å². The molecule has 0 spiro atoms. The lowest BCUT2D eigenvalue weighted by Crippen LogP contribution is -2.25. The molecule has 4 heteroatoms. The van der Waals surface area contributed by atoms with E-state index in [4.69, 9.17) is 4.74 Å². The van der Waals surface area contributed by atoms with Crippen LogP contribution in [0.5, 0.6) is 5.75 Å². The van der Waals surface area contributed by atoms with E-state index in [0.29, 0.717) is 6.54 Å². The van der Waals surface area contributed by atoms with Crippen molar-refractivity contribution in [1.82, 2.24) is 10.9 Å². The molecular formula is C24H32N2O2. The third kappa shape index (κ3) is 5.59. The summed E-state index contributed by atoms with van der Waals surface area (Å²) in [6.07, 6.45) is 12.3. The molecule has 0 radical (unpaired) electrons. The maximum atomic E-state index is 11.9. The molecule has 0 saturated carbocycles. The van der Waals surface area contributed by atoms with Crippen molar-refractivity contribution in [2.45, 2.75) is 58.3 Å². The molecule has 1 heterocycles. The number of unbranched alkanes of at least 4 members (excludes halogenated alkanes) is 7. The number of nitrogens with one attached hydrogen (secondary N) is 2. The van der Waals surface area contributed by atoms with Crippen LogP contribution in [0.3, 0.4) is 0 Å². The van der Waals surface area contributed by atoms with Crippen molar-refractivity contribution >= 4 is 22.8 Å². The minimum absolute atomic E-state index is 0.0608. The van der Waals surface area contributed by atoms with Crippen molar-refractivity contribution < 1.29 is 9.53 Å². The highest BCUT2D eigenvalue weighted by atomic mass is 16.5. The second-order valence-corrected chi connectivity index (χ2v) is 7.50. The van der Waals surface area contributed by atoms with E-state index in [0.717, 1.165) is 40.7 Å². The minimum Gasteiger partial charge on any atom is -0.493 e. The zero-order valence-corrected chi connectivity index (χ0v) is 16.9. The highest BCUT2D eigenvalue weighted by molar-refractivity contribution is 6.03. The molecule has 28 heavy (non-hydrogen) atoms. The molecule has 1 fully saturated rings. The first-order chi connectivity index (χ1) is 13.8. The van der Waals surface area contributed by atoms with Gasteiger partial charge < -0.3 is 4.74 Å². The molecule has 0 aliphatic carbocycles.